The van der Waals surface area contributed by atoms with Crippen molar-refractivity contribution in [3.8, 4) is 0 Å². The van der Waals surface area contributed by atoms with Crippen molar-refractivity contribution in [1.29, 1.82) is 0 Å². The highest BCUT2D eigenvalue weighted by molar-refractivity contribution is 7.16. The maximum atomic E-state index is 13.2. The number of thiophene rings is 1. The number of carbonyl (C=O) groups is 2. The van der Waals surface area contributed by atoms with E-state index in [0.29, 0.717) is 21.8 Å². The molecule has 0 aliphatic rings. The van der Waals surface area contributed by atoms with Gasteiger partial charge in [0.25, 0.3) is 5.91 Å². The molecule has 0 fully saturated rings. The molecular formula is C20H24N4O3S. The van der Waals surface area contributed by atoms with E-state index in [1.54, 1.807) is 6.07 Å². The lowest BCUT2D eigenvalue weighted by molar-refractivity contribution is 0.0601. The van der Waals surface area contributed by atoms with Gasteiger partial charge in [0.05, 0.1) is 29.3 Å². The number of rotatable bonds is 4. The second-order valence-electron chi connectivity index (χ2n) is 7.07. The average Bonchev–Trinajstić information content (AvgIpc) is 3.10. The quantitative estimate of drug-likeness (QED) is 0.658. The molecule has 148 valence electrons. The normalized spacial score (nSPS) is 11.3. The Kier molecular flexibility index (Phi) is 5.25. The van der Waals surface area contributed by atoms with Crippen LogP contribution in [0.1, 0.15) is 62.4 Å². The van der Waals surface area contributed by atoms with E-state index in [0.717, 1.165) is 27.2 Å². The molecule has 1 N–H and O–H groups in total. The van der Waals surface area contributed by atoms with E-state index in [9.17, 15) is 9.59 Å². The number of carbonyl (C=O) groups excluding carboxylic acids is 2. The number of nitrogens with zero attached hydrogens (tertiary/aromatic N) is 3. The van der Waals surface area contributed by atoms with Gasteiger partial charge in [0.2, 0.25) is 0 Å². The molecule has 28 heavy (non-hydrogen) atoms. The molecular weight excluding hydrogens is 376 g/mol. The Balaban J connectivity index is 2.11. The molecule has 3 heterocycles. The van der Waals surface area contributed by atoms with Crippen LogP contribution in [-0.2, 0) is 4.74 Å². The lowest BCUT2D eigenvalue weighted by atomic mass is 10.1. The fourth-order valence-corrected chi connectivity index (χ4v) is 4.25. The van der Waals surface area contributed by atoms with Gasteiger partial charge >= 0.3 is 5.97 Å². The molecule has 0 saturated heterocycles. The van der Waals surface area contributed by atoms with E-state index in [-0.39, 0.29) is 11.9 Å². The standard InChI is InChI=1S/C20H24N4O3S/c1-9(2)24-17-16(12(5)23-24)14(8-10(3)21-17)18(25)22-19-15(20(26)27-7)11(4)13(6)28-19/h8-9H,1-7H3,(H,22,25). The van der Waals surface area contributed by atoms with Crippen molar-refractivity contribution in [2.24, 2.45) is 0 Å². The van der Waals surface area contributed by atoms with Crippen LogP contribution in [0.4, 0.5) is 5.00 Å². The fourth-order valence-electron chi connectivity index (χ4n) is 3.21. The number of methoxy groups -OCH3 is 1. The van der Waals surface area contributed by atoms with E-state index < -0.39 is 5.97 Å². The number of esters is 1. The number of anilines is 1. The summed E-state index contributed by atoms with van der Waals surface area (Å²) in [5.74, 6) is -0.759. The largest absolute Gasteiger partial charge is 0.465 e. The zero-order valence-electron chi connectivity index (χ0n) is 17.1. The van der Waals surface area contributed by atoms with Gasteiger partial charge in [-0.15, -0.1) is 11.3 Å². The molecule has 8 heteroatoms. The van der Waals surface area contributed by atoms with Crippen molar-refractivity contribution in [2.45, 2.75) is 47.6 Å². The second-order valence-corrected chi connectivity index (χ2v) is 8.29. The molecule has 1 amide bonds. The van der Waals surface area contributed by atoms with Crippen molar-refractivity contribution in [3.05, 3.63) is 39.0 Å². The Hall–Kier alpha value is -2.74. The van der Waals surface area contributed by atoms with Crippen LogP contribution >= 0.6 is 11.3 Å². The van der Waals surface area contributed by atoms with Gasteiger partial charge in [-0.2, -0.15) is 5.10 Å². The van der Waals surface area contributed by atoms with E-state index in [4.69, 9.17) is 4.74 Å². The van der Waals surface area contributed by atoms with Gasteiger partial charge in [0.1, 0.15) is 5.00 Å². The summed E-state index contributed by atoms with van der Waals surface area (Å²) in [4.78, 5) is 30.9. The van der Waals surface area contributed by atoms with Gasteiger partial charge in [0.15, 0.2) is 5.65 Å². The third-order valence-corrected chi connectivity index (χ3v) is 5.82. The predicted octanol–water partition coefficient (Wildman–Crippen LogP) is 4.35. The van der Waals surface area contributed by atoms with E-state index in [1.807, 2.05) is 46.2 Å². The number of ether oxygens (including phenoxy) is 1. The highest BCUT2D eigenvalue weighted by Crippen LogP contribution is 2.34. The molecule has 3 rings (SSSR count). The second kappa shape index (κ2) is 7.35. The first kappa shape index (κ1) is 20.0. The van der Waals surface area contributed by atoms with Crippen molar-refractivity contribution in [1.82, 2.24) is 14.8 Å². The molecule has 0 aromatic carbocycles. The van der Waals surface area contributed by atoms with Crippen LogP contribution in [0.15, 0.2) is 6.07 Å². The molecule has 0 bridgehead atoms. The van der Waals surface area contributed by atoms with Crippen LogP contribution in [0, 0.1) is 27.7 Å². The van der Waals surface area contributed by atoms with E-state index in [2.05, 4.69) is 15.4 Å². The van der Waals surface area contributed by atoms with Gasteiger partial charge in [0, 0.05) is 16.6 Å². The van der Waals surface area contributed by atoms with Gasteiger partial charge in [-0.3, -0.25) is 4.79 Å². The minimum Gasteiger partial charge on any atom is -0.465 e. The molecule has 0 unspecified atom stereocenters. The number of hydrogen-bond acceptors (Lipinski definition) is 6. The van der Waals surface area contributed by atoms with E-state index in [1.165, 1.54) is 18.4 Å². The summed E-state index contributed by atoms with van der Waals surface area (Å²) < 4.78 is 6.72. The summed E-state index contributed by atoms with van der Waals surface area (Å²) in [6, 6.07) is 1.87. The third-order valence-electron chi connectivity index (χ3n) is 4.70. The number of hydrogen-bond donors (Lipinski definition) is 1. The average molecular weight is 401 g/mol. The van der Waals surface area contributed by atoms with Crippen LogP contribution in [-0.4, -0.2) is 33.8 Å². The molecule has 0 atom stereocenters. The summed E-state index contributed by atoms with van der Waals surface area (Å²) in [5, 5.41) is 8.68. The summed E-state index contributed by atoms with van der Waals surface area (Å²) >= 11 is 1.36. The molecule has 0 radical (unpaired) electrons. The molecule has 3 aromatic heterocycles. The Labute approximate surface area is 167 Å². The van der Waals surface area contributed by atoms with Gasteiger partial charge < -0.3 is 10.1 Å². The highest BCUT2D eigenvalue weighted by atomic mass is 32.1. The molecule has 0 aliphatic heterocycles. The van der Waals surface area contributed by atoms with Crippen LogP contribution in [0.25, 0.3) is 11.0 Å². The summed E-state index contributed by atoms with van der Waals surface area (Å²) in [6.07, 6.45) is 0. The summed E-state index contributed by atoms with van der Waals surface area (Å²) in [6.45, 7) is 11.5. The topological polar surface area (TPSA) is 86.1 Å². The van der Waals surface area contributed by atoms with Gasteiger partial charge in [-0.1, -0.05) is 0 Å². The third kappa shape index (κ3) is 3.28. The molecule has 3 aromatic rings. The summed E-state index contributed by atoms with van der Waals surface area (Å²) in [5.41, 5.74) is 3.86. The minimum absolute atomic E-state index is 0.120. The number of aryl methyl sites for hydroxylation is 3. The fraction of sp³-hybridized carbons (Fsp3) is 0.400. The number of fused-ring (bicyclic) bond motifs is 1. The maximum absolute atomic E-state index is 13.2. The lowest BCUT2D eigenvalue weighted by Crippen LogP contribution is -2.15. The molecule has 0 saturated carbocycles. The monoisotopic (exact) mass is 400 g/mol. The van der Waals surface area contributed by atoms with Crippen LogP contribution in [0.3, 0.4) is 0 Å². The Bertz CT molecular complexity index is 1090. The smallest absolute Gasteiger partial charge is 0.341 e. The van der Waals surface area contributed by atoms with Gasteiger partial charge in [-0.05, 0) is 53.2 Å². The number of pyridine rings is 1. The Morgan fingerprint density at radius 3 is 2.50 bits per heavy atom. The van der Waals surface area contributed by atoms with Crippen molar-refractivity contribution >= 4 is 39.2 Å². The first-order valence-electron chi connectivity index (χ1n) is 9.01. The van der Waals surface area contributed by atoms with Crippen molar-refractivity contribution in [2.75, 3.05) is 12.4 Å². The first-order chi connectivity index (χ1) is 13.1. The Morgan fingerprint density at radius 2 is 1.89 bits per heavy atom. The highest BCUT2D eigenvalue weighted by Gasteiger charge is 2.24. The van der Waals surface area contributed by atoms with Crippen molar-refractivity contribution < 1.29 is 14.3 Å². The van der Waals surface area contributed by atoms with Crippen LogP contribution in [0.5, 0.6) is 0 Å². The Morgan fingerprint density at radius 1 is 1.21 bits per heavy atom. The lowest BCUT2D eigenvalue weighted by Gasteiger charge is -2.10. The van der Waals surface area contributed by atoms with Crippen molar-refractivity contribution in [3.63, 3.8) is 0 Å². The minimum atomic E-state index is -0.461. The molecule has 0 aliphatic carbocycles. The zero-order valence-corrected chi connectivity index (χ0v) is 17.9. The first-order valence-corrected chi connectivity index (χ1v) is 9.83. The molecule has 0 spiro atoms. The van der Waals surface area contributed by atoms with Crippen LogP contribution in [0.2, 0.25) is 0 Å². The summed E-state index contributed by atoms with van der Waals surface area (Å²) in [7, 11) is 1.33. The number of nitrogens with one attached hydrogen (secondary N) is 1. The van der Waals surface area contributed by atoms with E-state index >= 15 is 0 Å². The van der Waals surface area contributed by atoms with Gasteiger partial charge in [-0.25, -0.2) is 14.5 Å². The SMILES string of the molecule is COC(=O)c1c(NC(=O)c2cc(C)nc3c2c(C)nn3C(C)C)sc(C)c1C. The maximum Gasteiger partial charge on any atom is 0.341 e. The zero-order chi connectivity index (χ0) is 20.7. The number of amides is 1. The molecule has 7 nitrogen and oxygen atoms in total. The number of aromatic nitrogens is 3. The van der Waals surface area contributed by atoms with Crippen LogP contribution < -0.4 is 5.32 Å². The predicted molar refractivity (Wildman–Crippen MR) is 110 cm³/mol.